The Morgan fingerprint density at radius 1 is 1.53 bits per heavy atom. The molecule has 0 bridgehead atoms. The second kappa shape index (κ2) is 6.61. The number of carbonyl (C=O) groups excluding carboxylic acids is 1. The number of aliphatic hydroxyl groups excluding tert-OH is 1. The topological polar surface area (TPSA) is 75.3 Å². The molecule has 1 aliphatic rings. The van der Waals surface area contributed by atoms with Crippen LogP contribution in [0.15, 0.2) is 0 Å². The molecule has 1 fully saturated rings. The number of hydrogen-bond donors (Lipinski definition) is 3. The van der Waals surface area contributed by atoms with Crippen molar-refractivity contribution in [1.29, 1.82) is 0 Å². The molecule has 4 N–H and O–H groups in total. The Morgan fingerprint density at radius 3 is 2.53 bits per heavy atom. The van der Waals surface area contributed by atoms with Gasteiger partial charge in [-0.15, -0.1) is 0 Å². The van der Waals surface area contributed by atoms with Gasteiger partial charge in [0.2, 0.25) is 5.91 Å². The van der Waals surface area contributed by atoms with Gasteiger partial charge in [0, 0.05) is 17.8 Å². The summed E-state index contributed by atoms with van der Waals surface area (Å²) in [5.41, 5.74) is 5.42. The second-order valence-corrected chi connectivity index (χ2v) is 5.99. The highest BCUT2D eigenvalue weighted by Gasteiger charge is 2.40. The third-order valence-electron chi connectivity index (χ3n) is 3.83. The second-order valence-electron chi connectivity index (χ2n) is 4.91. The quantitative estimate of drug-likeness (QED) is 0.658. The van der Waals surface area contributed by atoms with Gasteiger partial charge >= 0.3 is 0 Å². The fourth-order valence-electron chi connectivity index (χ4n) is 2.47. The molecule has 0 aromatic carbocycles. The molecule has 4 nitrogen and oxygen atoms in total. The van der Waals surface area contributed by atoms with Crippen LogP contribution in [0.25, 0.3) is 0 Å². The number of nitrogens with one attached hydrogen (secondary N) is 1. The summed E-state index contributed by atoms with van der Waals surface area (Å²) >= 11 is 1.57. The van der Waals surface area contributed by atoms with Crippen LogP contribution in [-0.2, 0) is 4.79 Å². The minimum Gasteiger partial charge on any atom is -0.395 e. The predicted octanol–water partition coefficient (Wildman–Crippen LogP) is 0.734. The Hall–Kier alpha value is -0.260. The van der Waals surface area contributed by atoms with Gasteiger partial charge in [0.1, 0.15) is 0 Å². The minimum absolute atomic E-state index is 0.0217. The lowest BCUT2D eigenvalue weighted by Gasteiger charge is -2.30. The molecule has 5 heteroatoms. The summed E-state index contributed by atoms with van der Waals surface area (Å²) in [7, 11) is 0. The average molecular weight is 260 g/mol. The molecule has 2 atom stereocenters. The number of hydrogen-bond acceptors (Lipinski definition) is 4. The maximum Gasteiger partial charge on any atom is 0.227 e. The minimum atomic E-state index is -0.354. The molecule has 0 aliphatic heterocycles. The van der Waals surface area contributed by atoms with Crippen molar-refractivity contribution in [3.63, 3.8) is 0 Å². The zero-order valence-corrected chi connectivity index (χ0v) is 11.6. The molecular formula is C12H24N2O2S. The van der Waals surface area contributed by atoms with Gasteiger partial charge in [0.25, 0.3) is 0 Å². The molecule has 100 valence electrons. The molecule has 0 saturated heterocycles. The van der Waals surface area contributed by atoms with Crippen molar-refractivity contribution >= 4 is 17.7 Å². The normalized spacial score (nSPS) is 22.1. The van der Waals surface area contributed by atoms with Crippen molar-refractivity contribution in [3.05, 3.63) is 0 Å². The van der Waals surface area contributed by atoms with Gasteiger partial charge in [-0.1, -0.05) is 12.8 Å². The molecule has 0 heterocycles. The Morgan fingerprint density at radius 2 is 2.12 bits per heavy atom. The molecule has 2 unspecified atom stereocenters. The third kappa shape index (κ3) is 3.36. The molecule has 1 aliphatic carbocycles. The first-order valence-corrected chi connectivity index (χ1v) is 7.53. The zero-order chi connectivity index (χ0) is 12.9. The summed E-state index contributed by atoms with van der Waals surface area (Å²) in [6, 6.07) is -0.0217. The maximum absolute atomic E-state index is 12.3. The van der Waals surface area contributed by atoms with Crippen molar-refractivity contribution in [2.75, 3.05) is 19.4 Å². The smallest absolute Gasteiger partial charge is 0.227 e. The van der Waals surface area contributed by atoms with Gasteiger partial charge in [0.05, 0.1) is 12.0 Å². The van der Waals surface area contributed by atoms with E-state index in [1.54, 1.807) is 11.8 Å². The van der Waals surface area contributed by atoms with Crippen LogP contribution in [0.2, 0.25) is 0 Å². The third-order valence-corrected chi connectivity index (χ3v) is 5.00. The fraction of sp³-hybridized carbons (Fsp3) is 0.917. The summed E-state index contributed by atoms with van der Waals surface area (Å²) < 4.78 is 0. The number of aliphatic hydroxyl groups is 1. The Labute approximate surface area is 108 Å². The van der Waals surface area contributed by atoms with E-state index in [9.17, 15) is 9.90 Å². The van der Waals surface area contributed by atoms with Gasteiger partial charge in [-0.05, 0) is 26.0 Å². The van der Waals surface area contributed by atoms with Crippen molar-refractivity contribution in [2.24, 2.45) is 11.1 Å². The van der Waals surface area contributed by atoms with E-state index in [-0.39, 0.29) is 29.2 Å². The summed E-state index contributed by atoms with van der Waals surface area (Å²) in [4.78, 5) is 12.3. The number of rotatable bonds is 6. The monoisotopic (exact) mass is 260 g/mol. The van der Waals surface area contributed by atoms with Crippen LogP contribution in [-0.4, -0.2) is 41.7 Å². The van der Waals surface area contributed by atoms with Gasteiger partial charge in [-0.2, -0.15) is 11.8 Å². The molecule has 1 amide bonds. The van der Waals surface area contributed by atoms with Crippen LogP contribution in [0.5, 0.6) is 0 Å². The van der Waals surface area contributed by atoms with E-state index in [1.807, 2.05) is 13.2 Å². The molecule has 0 aromatic heterocycles. The van der Waals surface area contributed by atoms with Crippen LogP contribution in [0, 0.1) is 5.41 Å². The number of carbonyl (C=O) groups is 1. The largest absolute Gasteiger partial charge is 0.395 e. The molecule has 1 rings (SSSR count). The first-order chi connectivity index (χ1) is 8.09. The Kier molecular flexibility index (Phi) is 5.76. The Bertz CT molecular complexity index is 251. The molecular weight excluding hydrogens is 236 g/mol. The van der Waals surface area contributed by atoms with E-state index < -0.39 is 0 Å². The van der Waals surface area contributed by atoms with Crippen molar-refractivity contribution in [2.45, 2.75) is 43.9 Å². The number of nitrogens with two attached hydrogens (primary N) is 1. The summed E-state index contributed by atoms with van der Waals surface area (Å²) in [6.07, 6.45) is 5.91. The predicted molar refractivity (Wildman–Crippen MR) is 71.9 cm³/mol. The summed E-state index contributed by atoms with van der Waals surface area (Å²) in [6.45, 7) is 2.45. The molecule has 0 spiro atoms. The SMILES string of the molecule is CSC(CO)C(C)NC(=O)C1(CN)CCCC1. The van der Waals surface area contributed by atoms with Gasteiger partial charge in [0.15, 0.2) is 0 Å². The highest BCUT2D eigenvalue weighted by molar-refractivity contribution is 7.99. The number of amides is 1. The van der Waals surface area contributed by atoms with E-state index in [0.717, 1.165) is 25.7 Å². The highest BCUT2D eigenvalue weighted by atomic mass is 32.2. The first-order valence-electron chi connectivity index (χ1n) is 6.24. The first kappa shape index (κ1) is 14.8. The van der Waals surface area contributed by atoms with Gasteiger partial charge < -0.3 is 16.2 Å². The summed E-state index contributed by atoms with van der Waals surface area (Å²) in [5.74, 6) is 0.0671. The lowest BCUT2D eigenvalue weighted by atomic mass is 9.85. The summed E-state index contributed by atoms with van der Waals surface area (Å²) in [5, 5.41) is 12.3. The van der Waals surface area contributed by atoms with E-state index in [2.05, 4.69) is 5.32 Å². The van der Waals surface area contributed by atoms with Gasteiger partial charge in [-0.25, -0.2) is 0 Å². The van der Waals surface area contributed by atoms with Crippen LogP contribution < -0.4 is 11.1 Å². The van der Waals surface area contributed by atoms with Crippen LogP contribution in [0.3, 0.4) is 0 Å². The Balaban J connectivity index is 2.58. The van der Waals surface area contributed by atoms with E-state index in [0.29, 0.717) is 6.54 Å². The van der Waals surface area contributed by atoms with Crippen LogP contribution >= 0.6 is 11.8 Å². The molecule has 1 saturated carbocycles. The lowest BCUT2D eigenvalue weighted by molar-refractivity contribution is -0.131. The molecule has 0 aromatic rings. The van der Waals surface area contributed by atoms with Crippen molar-refractivity contribution < 1.29 is 9.90 Å². The van der Waals surface area contributed by atoms with E-state index >= 15 is 0 Å². The lowest BCUT2D eigenvalue weighted by Crippen LogP contribution is -2.50. The standard InChI is InChI=1S/C12H24N2O2S/c1-9(10(7-15)17-2)14-11(16)12(8-13)5-3-4-6-12/h9-10,15H,3-8,13H2,1-2H3,(H,14,16). The van der Waals surface area contributed by atoms with Crippen LogP contribution in [0.1, 0.15) is 32.6 Å². The molecule has 0 radical (unpaired) electrons. The van der Waals surface area contributed by atoms with Crippen molar-refractivity contribution in [3.8, 4) is 0 Å². The fourth-order valence-corrected chi connectivity index (χ4v) is 3.09. The highest BCUT2D eigenvalue weighted by Crippen LogP contribution is 2.37. The average Bonchev–Trinajstić information content (AvgIpc) is 2.80. The van der Waals surface area contributed by atoms with Gasteiger partial charge in [-0.3, -0.25) is 4.79 Å². The van der Waals surface area contributed by atoms with E-state index in [1.165, 1.54) is 0 Å². The van der Waals surface area contributed by atoms with Crippen LogP contribution in [0.4, 0.5) is 0 Å². The maximum atomic E-state index is 12.3. The van der Waals surface area contributed by atoms with E-state index in [4.69, 9.17) is 5.73 Å². The number of thioether (sulfide) groups is 1. The zero-order valence-electron chi connectivity index (χ0n) is 10.7. The van der Waals surface area contributed by atoms with Crippen molar-refractivity contribution in [1.82, 2.24) is 5.32 Å². The molecule has 17 heavy (non-hydrogen) atoms.